The zero-order valence-corrected chi connectivity index (χ0v) is 14.2. The number of nitrogens with zero attached hydrogens (tertiary/aromatic N) is 1. The Labute approximate surface area is 140 Å². The van der Waals surface area contributed by atoms with Gasteiger partial charge in [0.2, 0.25) is 0 Å². The topological polar surface area (TPSA) is 55.0 Å². The Morgan fingerprint density at radius 3 is 2.82 bits per heavy atom. The van der Waals surface area contributed by atoms with Gasteiger partial charge in [0.25, 0.3) is 5.56 Å². The van der Waals surface area contributed by atoms with Crippen molar-refractivity contribution in [1.29, 1.82) is 0 Å². The number of benzene rings is 1. The Balaban J connectivity index is 1.90. The largest absolute Gasteiger partial charge is 0.484 e. The summed E-state index contributed by atoms with van der Waals surface area (Å²) in [5, 5.41) is 1.60. The average molecular weight is 355 g/mol. The first kappa shape index (κ1) is 15.3. The van der Waals surface area contributed by atoms with Crippen LogP contribution in [0.2, 0.25) is 10.0 Å². The van der Waals surface area contributed by atoms with Crippen molar-refractivity contribution >= 4 is 44.8 Å². The van der Waals surface area contributed by atoms with E-state index in [2.05, 4.69) is 9.97 Å². The van der Waals surface area contributed by atoms with E-state index in [4.69, 9.17) is 27.9 Å². The Hall–Kier alpha value is -1.56. The molecule has 0 saturated carbocycles. The summed E-state index contributed by atoms with van der Waals surface area (Å²) < 4.78 is 5.60. The van der Waals surface area contributed by atoms with Gasteiger partial charge in [-0.3, -0.25) is 4.79 Å². The minimum Gasteiger partial charge on any atom is -0.484 e. The molecule has 0 spiro atoms. The highest BCUT2D eigenvalue weighted by molar-refractivity contribution is 7.18. The summed E-state index contributed by atoms with van der Waals surface area (Å²) in [7, 11) is 0. The number of hydrogen-bond donors (Lipinski definition) is 1. The standard InChI is InChI=1S/C15H12Cl2N2O2S/c1-7-8(2)22-15-13(7)14(20)18-12(19-15)6-21-11-4-3-9(16)5-10(11)17/h3-5H,6H2,1-2H3,(H,18,19,20). The molecule has 22 heavy (non-hydrogen) atoms. The Kier molecular flexibility index (Phi) is 4.12. The maximum atomic E-state index is 12.2. The highest BCUT2D eigenvalue weighted by Crippen LogP contribution is 2.28. The second kappa shape index (κ2) is 5.91. The predicted octanol–water partition coefficient (Wildman–Crippen LogP) is 4.49. The van der Waals surface area contributed by atoms with Gasteiger partial charge in [0, 0.05) is 9.90 Å². The molecule has 0 fully saturated rings. The molecule has 4 nitrogen and oxygen atoms in total. The number of rotatable bonds is 3. The van der Waals surface area contributed by atoms with Crippen molar-refractivity contribution in [2.75, 3.05) is 0 Å². The van der Waals surface area contributed by atoms with Gasteiger partial charge in [-0.25, -0.2) is 4.98 Å². The lowest BCUT2D eigenvalue weighted by Gasteiger charge is -2.07. The van der Waals surface area contributed by atoms with Crippen LogP contribution in [-0.2, 0) is 6.61 Å². The number of aromatic amines is 1. The van der Waals surface area contributed by atoms with E-state index < -0.39 is 0 Å². The van der Waals surface area contributed by atoms with Crippen LogP contribution in [0.15, 0.2) is 23.0 Å². The van der Waals surface area contributed by atoms with Crippen LogP contribution in [0.5, 0.6) is 5.75 Å². The lowest BCUT2D eigenvalue weighted by molar-refractivity contribution is 0.296. The molecule has 0 aliphatic carbocycles. The lowest BCUT2D eigenvalue weighted by Crippen LogP contribution is -2.13. The molecule has 0 aliphatic rings. The zero-order valence-electron chi connectivity index (χ0n) is 11.9. The lowest BCUT2D eigenvalue weighted by atomic mass is 10.2. The molecule has 3 rings (SSSR count). The summed E-state index contributed by atoms with van der Waals surface area (Å²) in [5.41, 5.74) is 0.828. The molecule has 3 aromatic rings. The van der Waals surface area contributed by atoms with E-state index in [0.717, 1.165) is 15.3 Å². The summed E-state index contributed by atoms with van der Waals surface area (Å²) in [5.74, 6) is 0.956. The molecular weight excluding hydrogens is 343 g/mol. The van der Waals surface area contributed by atoms with Crippen molar-refractivity contribution in [1.82, 2.24) is 9.97 Å². The number of H-pyrrole nitrogens is 1. The van der Waals surface area contributed by atoms with Crippen molar-refractivity contribution in [3.63, 3.8) is 0 Å². The fourth-order valence-corrected chi connectivity index (χ4v) is 3.62. The summed E-state index contributed by atoms with van der Waals surface area (Å²) in [6.45, 7) is 4.03. The second-order valence-corrected chi connectivity index (χ2v) is 6.89. The fourth-order valence-electron chi connectivity index (χ4n) is 2.11. The number of aryl methyl sites for hydroxylation is 2. The number of ether oxygens (including phenoxy) is 1. The van der Waals surface area contributed by atoms with Gasteiger partial charge in [0.15, 0.2) is 0 Å². The predicted molar refractivity (Wildman–Crippen MR) is 90.5 cm³/mol. The zero-order chi connectivity index (χ0) is 15.9. The quantitative estimate of drug-likeness (QED) is 0.753. The first-order valence-electron chi connectivity index (χ1n) is 6.52. The SMILES string of the molecule is Cc1sc2nc(COc3ccc(Cl)cc3Cl)[nH]c(=O)c2c1C. The van der Waals surface area contributed by atoms with Gasteiger partial charge in [0.05, 0.1) is 10.4 Å². The van der Waals surface area contributed by atoms with Gasteiger partial charge in [-0.2, -0.15) is 0 Å². The third-order valence-corrected chi connectivity index (χ3v) is 4.98. The molecule has 114 valence electrons. The first-order valence-corrected chi connectivity index (χ1v) is 8.09. The molecule has 0 amide bonds. The number of fused-ring (bicyclic) bond motifs is 1. The van der Waals surface area contributed by atoms with Crippen LogP contribution in [0.4, 0.5) is 0 Å². The van der Waals surface area contributed by atoms with E-state index in [1.165, 1.54) is 11.3 Å². The van der Waals surface area contributed by atoms with Crippen LogP contribution < -0.4 is 10.3 Å². The normalized spacial score (nSPS) is 11.1. The van der Waals surface area contributed by atoms with Gasteiger partial charge in [-0.15, -0.1) is 11.3 Å². The van der Waals surface area contributed by atoms with E-state index in [-0.39, 0.29) is 12.2 Å². The smallest absolute Gasteiger partial charge is 0.260 e. The minimum absolute atomic E-state index is 0.128. The summed E-state index contributed by atoms with van der Waals surface area (Å²) >= 11 is 13.4. The Bertz CT molecular complexity index is 918. The van der Waals surface area contributed by atoms with E-state index >= 15 is 0 Å². The van der Waals surface area contributed by atoms with E-state index in [1.54, 1.807) is 18.2 Å². The van der Waals surface area contributed by atoms with Crippen LogP contribution in [0, 0.1) is 13.8 Å². The highest BCUT2D eigenvalue weighted by atomic mass is 35.5. The van der Waals surface area contributed by atoms with Gasteiger partial charge in [-0.05, 0) is 37.6 Å². The molecule has 0 atom stereocenters. The van der Waals surface area contributed by atoms with Crippen LogP contribution in [0.3, 0.4) is 0 Å². The molecule has 2 heterocycles. The fraction of sp³-hybridized carbons (Fsp3) is 0.200. The van der Waals surface area contributed by atoms with Gasteiger partial charge < -0.3 is 9.72 Å². The molecule has 0 aliphatic heterocycles. The van der Waals surface area contributed by atoms with Crippen molar-refractivity contribution in [2.45, 2.75) is 20.5 Å². The first-order chi connectivity index (χ1) is 10.5. The molecular formula is C15H12Cl2N2O2S. The number of aromatic nitrogens is 2. The van der Waals surface area contributed by atoms with Crippen LogP contribution in [0.1, 0.15) is 16.3 Å². The van der Waals surface area contributed by atoms with Gasteiger partial charge in [0.1, 0.15) is 23.0 Å². The third-order valence-electron chi connectivity index (χ3n) is 3.35. The molecule has 1 aromatic carbocycles. The Morgan fingerprint density at radius 1 is 1.32 bits per heavy atom. The second-order valence-electron chi connectivity index (χ2n) is 4.84. The highest BCUT2D eigenvalue weighted by Gasteiger charge is 2.12. The van der Waals surface area contributed by atoms with Gasteiger partial charge in [-0.1, -0.05) is 23.2 Å². The summed E-state index contributed by atoms with van der Waals surface area (Å²) in [6, 6.07) is 4.97. The average Bonchev–Trinajstić information content (AvgIpc) is 2.73. The maximum Gasteiger partial charge on any atom is 0.260 e. The van der Waals surface area contributed by atoms with E-state index in [1.807, 2.05) is 13.8 Å². The number of thiophene rings is 1. The summed E-state index contributed by atoms with van der Waals surface area (Å²) in [6.07, 6.45) is 0. The van der Waals surface area contributed by atoms with E-state index in [0.29, 0.717) is 27.0 Å². The Morgan fingerprint density at radius 2 is 2.09 bits per heavy atom. The van der Waals surface area contributed by atoms with Crippen LogP contribution in [0.25, 0.3) is 10.2 Å². The number of nitrogens with one attached hydrogen (secondary N) is 1. The maximum absolute atomic E-state index is 12.2. The minimum atomic E-state index is -0.146. The number of halogens is 2. The molecule has 7 heteroatoms. The number of hydrogen-bond acceptors (Lipinski definition) is 4. The molecule has 0 bridgehead atoms. The van der Waals surface area contributed by atoms with Crippen molar-refractivity contribution in [3.05, 3.63) is 54.9 Å². The van der Waals surface area contributed by atoms with Crippen LogP contribution >= 0.6 is 34.5 Å². The molecule has 1 N–H and O–H groups in total. The molecule has 0 saturated heterocycles. The van der Waals surface area contributed by atoms with Gasteiger partial charge >= 0.3 is 0 Å². The molecule has 0 unspecified atom stereocenters. The third kappa shape index (κ3) is 2.84. The monoisotopic (exact) mass is 354 g/mol. The van der Waals surface area contributed by atoms with E-state index in [9.17, 15) is 4.79 Å². The molecule has 0 radical (unpaired) electrons. The van der Waals surface area contributed by atoms with Crippen molar-refractivity contribution in [2.24, 2.45) is 0 Å². The van der Waals surface area contributed by atoms with Crippen molar-refractivity contribution < 1.29 is 4.74 Å². The summed E-state index contributed by atoms with van der Waals surface area (Å²) in [4.78, 5) is 21.2. The molecule has 2 aromatic heterocycles. The van der Waals surface area contributed by atoms with Crippen molar-refractivity contribution in [3.8, 4) is 5.75 Å². The van der Waals surface area contributed by atoms with Crippen LogP contribution in [-0.4, -0.2) is 9.97 Å².